The number of ether oxygens (including phenoxy) is 6. The Balaban J connectivity index is 0.0000147. The van der Waals surface area contributed by atoms with E-state index in [1.807, 2.05) is 20.8 Å². The average Bonchev–Trinajstić information content (AvgIpc) is 1.65. The molecule has 0 aromatic heterocycles. The van der Waals surface area contributed by atoms with Crippen LogP contribution in [-0.2, 0) is 76.4 Å². The number of nitrogens with one attached hydrogen (secondary N) is 6. The SMILES string of the molecule is CCCOCCOCCOCCOCCC(=O)N[C@H](CCC(=O)CCCCCCCNC(=O)O[C@@H]1CC[C@@H](CC(=N)N)[C@@H]1[C@H](NC(C)=O)C(CC)CC)C(=O)CCC(=O)NCCCCCCCC(=O)O[C@H]1[C@@H]([C@H](NC(C)=O)C(CC)CC)C(N=C(N)N)C[C@@H]1C(=O)O.O=C=O. The highest BCUT2D eigenvalue weighted by Gasteiger charge is 2.54. The number of carbonyl (C=O) groups excluding carboxylic acids is 10. The lowest BCUT2D eigenvalue weighted by atomic mass is 9.77. The van der Waals surface area contributed by atoms with Crippen molar-refractivity contribution in [1.82, 2.24) is 26.6 Å². The number of amidine groups is 1. The van der Waals surface area contributed by atoms with Crippen LogP contribution in [0.25, 0.3) is 0 Å². The zero-order chi connectivity index (χ0) is 70.9. The second-order valence-corrected chi connectivity index (χ2v) is 24.8. The van der Waals surface area contributed by atoms with Crippen molar-refractivity contribution in [1.29, 1.82) is 5.41 Å². The maximum Gasteiger partial charge on any atom is 0.407 e. The fourth-order valence-corrected chi connectivity index (χ4v) is 12.9. The van der Waals surface area contributed by atoms with E-state index in [2.05, 4.69) is 45.4 Å². The summed E-state index contributed by atoms with van der Waals surface area (Å²) >= 11 is 0. The first-order valence-corrected chi connectivity index (χ1v) is 34.7. The van der Waals surface area contributed by atoms with E-state index in [0.29, 0.717) is 117 Å². The number of nitrogens with two attached hydrogens (primary N) is 3. The summed E-state index contributed by atoms with van der Waals surface area (Å²) in [6.07, 6.45) is 11.3. The molecule has 544 valence electrons. The van der Waals surface area contributed by atoms with E-state index < -0.39 is 66.1 Å². The first-order valence-electron chi connectivity index (χ1n) is 34.7. The molecule has 1 unspecified atom stereocenters. The number of guanidine groups is 1. The highest BCUT2D eigenvalue weighted by Crippen LogP contribution is 2.43. The first kappa shape index (κ1) is 86.4. The molecule has 2 aliphatic carbocycles. The lowest BCUT2D eigenvalue weighted by molar-refractivity contribution is -0.192. The number of Topliss-reactive ketones (excluding diaryl/α,β-unsaturated/α-hetero) is 2. The van der Waals surface area contributed by atoms with E-state index in [9.17, 15) is 48.3 Å². The fourth-order valence-electron chi connectivity index (χ4n) is 12.9. The number of ketones is 2. The zero-order valence-electron chi connectivity index (χ0n) is 58.0. The highest BCUT2D eigenvalue weighted by molar-refractivity contribution is 5.92. The quantitative estimate of drug-likeness (QED) is 0.0148. The van der Waals surface area contributed by atoms with Crippen LogP contribution >= 0.6 is 0 Å². The summed E-state index contributed by atoms with van der Waals surface area (Å²) in [5.41, 5.74) is 17.3. The van der Waals surface area contributed by atoms with Crippen LogP contribution < -0.4 is 43.8 Å². The molecule has 0 aromatic rings. The van der Waals surface area contributed by atoms with Crippen LogP contribution in [0.15, 0.2) is 4.99 Å². The smallest absolute Gasteiger partial charge is 0.407 e. The molecule has 0 radical (unpaired) electrons. The molecule has 2 saturated carbocycles. The predicted octanol–water partition coefficient (Wildman–Crippen LogP) is 5.85. The largest absolute Gasteiger partial charge is 0.481 e. The number of carbonyl (C=O) groups is 9. The molecule has 0 heterocycles. The Morgan fingerprint density at radius 2 is 1.08 bits per heavy atom. The van der Waals surface area contributed by atoms with Gasteiger partial charge in [0.25, 0.3) is 0 Å². The minimum atomic E-state index is -1.15. The molecular weight excluding hydrogens is 1230 g/mol. The predicted molar refractivity (Wildman–Crippen MR) is 355 cm³/mol. The minimum absolute atomic E-state index is 0.00696. The van der Waals surface area contributed by atoms with E-state index in [-0.39, 0.29) is 135 Å². The van der Waals surface area contributed by atoms with Gasteiger partial charge in [0.15, 0.2) is 11.7 Å². The van der Waals surface area contributed by atoms with Crippen LogP contribution in [0.2, 0.25) is 0 Å². The van der Waals surface area contributed by atoms with Crippen molar-refractivity contribution in [3.05, 3.63) is 0 Å². The van der Waals surface area contributed by atoms with E-state index in [0.717, 1.165) is 57.8 Å². The Morgan fingerprint density at radius 3 is 1.60 bits per heavy atom. The van der Waals surface area contributed by atoms with Crippen molar-refractivity contribution in [3.63, 3.8) is 0 Å². The van der Waals surface area contributed by atoms with Gasteiger partial charge in [-0.3, -0.25) is 43.8 Å². The Hall–Kier alpha value is -6.61. The van der Waals surface area contributed by atoms with Gasteiger partial charge in [-0.25, -0.2) is 9.79 Å². The molecule has 95 heavy (non-hydrogen) atoms. The number of hydrogen-bond acceptors (Lipinski definition) is 19. The number of amides is 5. The molecule has 0 spiro atoms. The maximum atomic E-state index is 13.6. The Morgan fingerprint density at radius 1 is 0.579 bits per heavy atom. The van der Waals surface area contributed by atoms with Gasteiger partial charge in [0.05, 0.1) is 70.1 Å². The van der Waals surface area contributed by atoms with E-state index in [4.69, 9.17) is 60.6 Å². The van der Waals surface area contributed by atoms with Gasteiger partial charge in [-0.05, 0) is 75.5 Å². The van der Waals surface area contributed by atoms with Gasteiger partial charge in [0, 0.05) is 102 Å². The third kappa shape index (κ3) is 38.1. The van der Waals surface area contributed by atoms with Crippen LogP contribution in [0.5, 0.6) is 0 Å². The molecule has 2 rings (SSSR count). The van der Waals surface area contributed by atoms with Crippen LogP contribution in [0.4, 0.5) is 4.79 Å². The standard InChI is InChI=1S/C66H118N10O16.CO2/c1-8-34-87-36-38-89-40-41-90-39-37-88-35-31-57(82)75-51(27-26-49(79)23-19-15-13-18-22-33-72-66(86)91-54-29-25-48(42-55(67)68)59(54)61(73-44(6)77)46(9-2)10-3)53(80)28-30-56(81)71-32-21-17-14-16-20-24-58(83)92-63-50(64(84)85)43-52(76-65(69)70)60(63)62(74-45(7)78)47(11-4)12-5;2-1-3/h46-48,50-52,54,59-63H,8-43H2,1-7H3,(H3,67,68)(H,71,81)(H,72,86)(H,73,77)(H,74,78)(H,75,82)(H,84,85)(H4,69,70,76);/t48-,50-,51+,52?,54+,59-,60+,61+,62+,63+;/m0./s1. The second-order valence-electron chi connectivity index (χ2n) is 24.8. The lowest BCUT2D eigenvalue weighted by Gasteiger charge is -2.37. The molecule has 2 fully saturated rings. The van der Waals surface area contributed by atoms with Gasteiger partial charge >= 0.3 is 24.2 Å². The van der Waals surface area contributed by atoms with Crippen molar-refractivity contribution in [2.24, 2.45) is 57.7 Å². The number of unbranched alkanes of at least 4 members (excludes halogenated alkanes) is 8. The monoisotopic (exact) mass is 1350 g/mol. The van der Waals surface area contributed by atoms with E-state index in [1.54, 1.807) is 0 Å². The fraction of sp³-hybridized carbons (Fsp3) is 0.821. The topological polar surface area (TPSA) is 438 Å². The summed E-state index contributed by atoms with van der Waals surface area (Å²) in [6.45, 7) is 16.9. The third-order valence-corrected chi connectivity index (χ3v) is 17.6. The van der Waals surface area contributed by atoms with Gasteiger partial charge in [-0.1, -0.05) is 98.8 Å². The van der Waals surface area contributed by atoms with Gasteiger partial charge in [0.2, 0.25) is 23.6 Å². The molecule has 13 N–H and O–H groups in total. The van der Waals surface area contributed by atoms with E-state index >= 15 is 0 Å². The maximum absolute atomic E-state index is 13.6. The summed E-state index contributed by atoms with van der Waals surface area (Å²) < 4.78 is 33.9. The lowest BCUT2D eigenvalue weighted by Crippen LogP contribution is -2.51. The average molecular weight is 1350 g/mol. The number of hydrogen-bond donors (Lipinski definition) is 10. The summed E-state index contributed by atoms with van der Waals surface area (Å²) in [7, 11) is 0. The number of aliphatic imine (C=N–C) groups is 1. The van der Waals surface area contributed by atoms with Crippen LogP contribution in [0, 0.1) is 40.9 Å². The molecule has 0 bridgehead atoms. The summed E-state index contributed by atoms with van der Waals surface area (Å²) in [5.74, 6) is -5.25. The Bertz CT molecular complexity index is 2330. The molecule has 28 nitrogen and oxygen atoms in total. The summed E-state index contributed by atoms with van der Waals surface area (Å²) in [5, 5.41) is 32.8. The summed E-state index contributed by atoms with van der Waals surface area (Å²) in [6, 6.07) is -2.41. The molecule has 5 amide bonds. The number of carboxylic acids is 1. The van der Waals surface area contributed by atoms with Crippen LogP contribution in [0.1, 0.15) is 215 Å². The number of rotatable bonds is 54. The molecule has 10 atom stereocenters. The number of aliphatic carboxylic acids is 1. The molecule has 2 aliphatic rings. The Kier molecular flexibility index (Phi) is 47.8. The number of nitrogens with zero attached hydrogens (tertiary/aromatic N) is 1. The highest BCUT2D eigenvalue weighted by atomic mass is 16.6. The van der Waals surface area contributed by atoms with Gasteiger partial charge in [0.1, 0.15) is 18.0 Å². The Labute approximate surface area is 562 Å². The van der Waals surface area contributed by atoms with Crippen molar-refractivity contribution >= 4 is 71.2 Å². The van der Waals surface area contributed by atoms with Crippen LogP contribution in [0.3, 0.4) is 0 Å². The third-order valence-electron chi connectivity index (χ3n) is 17.6. The molecular formula is C67H118N10O18. The van der Waals surface area contributed by atoms with Crippen molar-refractivity contribution in [2.75, 3.05) is 65.9 Å². The van der Waals surface area contributed by atoms with Crippen molar-refractivity contribution < 1.29 is 86.3 Å². The number of alkyl carbamates (subject to hydrolysis) is 1. The van der Waals surface area contributed by atoms with Crippen LogP contribution in [-0.4, -0.2) is 179 Å². The van der Waals surface area contributed by atoms with Gasteiger partial charge in [-0.2, -0.15) is 9.59 Å². The second kappa shape index (κ2) is 52.6. The molecule has 0 saturated heterocycles. The zero-order valence-corrected chi connectivity index (χ0v) is 58.0. The minimum Gasteiger partial charge on any atom is -0.481 e. The molecule has 28 heteroatoms. The van der Waals surface area contributed by atoms with Crippen molar-refractivity contribution in [3.8, 4) is 0 Å². The normalized spacial score (nSPS) is 19.0. The van der Waals surface area contributed by atoms with Crippen molar-refractivity contribution in [2.45, 2.75) is 252 Å². The number of carboxylic acid groups (broad SMARTS) is 1. The van der Waals surface area contributed by atoms with E-state index in [1.165, 1.54) is 13.8 Å². The first-order chi connectivity index (χ1) is 45.5. The molecule has 0 aliphatic heterocycles. The van der Waals surface area contributed by atoms with Gasteiger partial charge in [-0.15, -0.1) is 0 Å². The van der Waals surface area contributed by atoms with Gasteiger partial charge < -0.3 is 77.3 Å². The number of esters is 1. The summed E-state index contributed by atoms with van der Waals surface area (Å²) in [4.78, 5) is 137. The molecule has 0 aromatic carbocycles.